The molecule has 0 amide bonds. The quantitative estimate of drug-likeness (QED) is 0.0226. The van der Waals surface area contributed by atoms with E-state index in [0.717, 1.165) is 24.1 Å². The van der Waals surface area contributed by atoms with E-state index in [9.17, 15) is 62.6 Å². The zero-order chi connectivity index (χ0) is 81.4. The van der Waals surface area contributed by atoms with Crippen molar-refractivity contribution in [3.05, 3.63) is 124 Å². The molecule has 4 aromatic heterocycles. The molecule has 15 rings (SSSR count). The number of rotatable bonds is 27. The molecule has 5 saturated carbocycles. The van der Waals surface area contributed by atoms with Crippen LogP contribution in [0.4, 0.5) is 29.7 Å². The number of nitrogens with zero attached hydrogens (tertiary/aromatic N) is 6. The summed E-state index contributed by atoms with van der Waals surface area (Å²) in [6, 6.07) is 1.18. The number of benzene rings is 2. The van der Waals surface area contributed by atoms with Crippen LogP contribution in [0, 0.1) is 48.7 Å². The Hall–Kier alpha value is -10.7. The number of ketones is 2. The number of pyridine rings is 2. The number of carbonyl (C=O) groups is 8. The van der Waals surface area contributed by atoms with Gasteiger partial charge in [0.2, 0.25) is 30.2 Å². The average Bonchev–Trinajstić information content (AvgIpc) is 1.48. The van der Waals surface area contributed by atoms with Crippen molar-refractivity contribution in [1.29, 1.82) is 0 Å². The van der Waals surface area contributed by atoms with Crippen molar-refractivity contribution in [2.75, 3.05) is 96.7 Å². The molecule has 9 aliphatic rings. The molecule has 2 aromatic carbocycles. The first-order chi connectivity index (χ1) is 55.0. The van der Waals surface area contributed by atoms with E-state index in [1.165, 1.54) is 26.6 Å². The summed E-state index contributed by atoms with van der Waals surface area (Å²) in [6.45, 7) is 6.80. The Bertz CT molecular complexity index is 4980. The number of esters is 4. The number of hydrogen-bond acceptors (Lipinski definition) is 32. The standard InChI is InChI=1S/C79H88F2N6O28/c1-39-28-84(22-20-82(39)32-57-41(3)110-75(99)113-57)65-54(80)25-49-63(69(65)101-6)86(44-9-10-44)30-51(67(49)93)71(95)106-37-108-73(97)104-34-47(112-61(92)15-14-60(91)103-36-59(90)78-19-17-53-48-13-8-43-24-46(88)16-18-77(43,5)62(48)56(89)27-79(53,78)115-78)35-105-74(98)109-38-107-72(96)52-31-87(45-11-12-45)64-50(68(52)94)26-55(81)66(70(64)102-7)85-23-21-83(40(2)29-85)33-58-42(4)111-76(100)114-58/h24-26,30-31,39-40,44-45,47-48,53,56,62,89H,8-23,27-29,32-38H2,1-7H3/t39?,40?,47?,48-,53-,56-,62?,77-,78-,79+/m0/s1. The maximum absolute atomic E-state index is 16.6. The van der Waals surface area contributed by atoms with E-state index in [4.69, 9.17) is 69.8 Å². The van der Waals surface area contributed by atoms with Crippen molar-refractivity contribution < 1.29 is 122 Å². The molecule has 0 radical (unpaired) electrons. The number of epoxide rings is 1. The first-order valence-corrected chi connectivity index (χ1v) is 38.5. The second kappa shape index (κ2) is 31.5. The van der Waals surface area contributed by atoms with Gasteiger partial charge >= 0.3 is 47.8 Å². The molecule has 36 heteroatoms. The van der Waals surface area contributed by atoms with Gasteiger partial charge in [0, 0.05) is 88.7 Å². The summed E-state index contributed by atoms with van der Waals surface area (Å²) in [5, 5.41) is 11.4. The largest absolute Gasteiger partial charge is 0.519 e. The number of hydrogen-bond donors (Lipinski definition) is 1. The zero-order valence-electron chi connectivity index (χ0n) is 64.4. The van der Waals surface area contributed by atoms with E-state index in [1.54, 1.807) is 38.9 Å². The van der Waals surface area contributed by atoms with E-state index in [0.29, 0.717) is 120 Å². The van der Waals surface area contributed by atoms with Gasteiger partial charge in [-0.3, -0.25) is 38.6 Å². The van der Waals surface area contributed by atoms with Gasteiger partial charge in [-0.2, -0.15) is 0 Å². The molecule has 0 bridgehead atoms. The maximum Gasteiger partial charge on any atom is 0.519 e. The van der Waals surface area contributed by atoms with Gasteiger partial charge in [-0.05, 0) is 127 Å². The van der Waals surface area contributed by atoms with Gasteiger partial charge < -0.3 is 93.8 Å². The van der Waals surface area contributed by atoms with Gasteiger partial charge in [0.1, 0.15) is 52.8 Å². The summed E-state index contributed by atoms with van der Waals surface area (Å²) in [5.41, 5.74) is -3.91. The Labute approximate surface area is 653 Å². The van der Waals surface area contributed by atoms with Crippen LogP contribution in [-0.2, 0) is 74.9 Å². The topological polar surface area (TPSA) is 405 Å². The number of aryl methyl sites for hydroxylation is 2. The number of piperazine rings is 2. The van der Waals surface area contributed by atoms with Crippen LogP contribution in [0.5, 0.6) is 11.5 Å². The molecular formula is C79H88F2N6O28. The van der Waals surface area contributed by atoms with Gasteiger partial charge in [0.15, 0.2) is 58.7 Å². The molecule has 115 heavy (non-hydrogen) atoms. The van der Waals surface area contributed by atoms with Crippen molar-refractivity contribution in [2.24, 2.45) is 23.2 Å². The molecule has 6 aliphatic carbocycles. The monoisotopic (exact) mass is 1610 g/mol. The van der Waals surface area contributed by atoms with Gasteiger partial charge in [0.05, 0.1) is 68.1 Å². The van der Waals surface area contributed by atoms with Gasteiger partial charge in [-0.1, -0.05) is 12.5 Å². The smallest absolute Gasteiger partial charge is 0.492 e. The maximum atomic E-state index is 16.6. The number of aromatic nitrogens is 2. The fourth-order valence-corrected chi connectivity index (χ4v) is 18.6. The molecule has 3 unspecified atom stereocenters. The number of anilines is 2. The van der Waals surface area contributed by atoms with E-state index in [2.05, 4.69) is 6.92 Å². The molecule has 6 aromatic rings. The van der Waals surface area contributed by atoms with Crippen molar-refractivity contribution in [2.45, 2.75) is 179 Å². The highest BCUT2D eigenvalue weighted by Gasteiger charge is 2.83. The first-order valence-electron chi connectivity index (χ1n) is 38.5. The molecule has 8 fully saturated rings. The highest BCUT2D eigenvalue weighted by Crippen LogP contribution is 2.73. The fraction of sp³-hybridized carbons (Fsp3) is 0.570. The Morgan fingerprint density at radius 3 is 1.59 bits per heavy atom. The number of fused-ring (bicyclic) bond motifs is 6. The summed E-state index contributed by atoms with van der Waals surface area (Å²) in [7, 11) is 2.67. The molecular weight excluding hydrogens is 1520 g/mol. The average molecular weight is 1610 g/mol. The lowest BCUT2D eigenvalue weighted by Gasteiger charge is -2.56. The number of aliphatic hydroxyl groups excluding tert-OH is 1. The molecule has 34 nitrogen and oxygen atoms in total. The SMILES string of the molecule is COc1c(N2CCN(Cc3oc(=O)oc3C)C(C)C2)c(F)cc2c(=O)c(C(=O)OCOC(=O)OCC(COC(=O)OCOC(=O)c3cn(C4CC4)c4c(OC)c(N5CCN(Cc6oc(=O)oc6C)C(C)C5)c(F)cc4c3=O)OC(=O)CCC(=O)OCC(=O)[C@@]34CC[C@H]5[C@@H]6CCC7=CC(=O)CC[C@]7(C)C6[C@@H](O)C[C@@]53O4)cn(C3CC3)c12. The highest BCUT2D eigenvalue weighted by atomic mass is 19.1. The molecule has 1 spiro atoms. The van der Waals surface area contributed by atoms with Crippen LogP contribution in [0.1, 0.15) is 160 Å². The number of halogens is 2. The summed E-state index contributed by atoms with van der Waals surface area (Å²) in [5.74, 6) is -7.02. The number of allylic oxidation sites excluding steroid dienone is 1. The van der Waals surface area contributed by atoms with E-state index >= 15 is 8.78 Å². The van der Waals surface area contributed by atoms with Crippen LogP contribution in [-0.4, -0.2) is 194 Å². The molecule has 3 saturated heterocycles. The fourth-order valence-electron chi connectivity index (χ4n) is 18.6. The third-order valence-corrected chi connectivity index (χ3v) is 24.6. The van der Waals surface area contributed by atoms with Crippen LogP contribution >= 0.6 is 0 Å². The molecule has 616 valence electrons. The van der Waals surface area contributed by atoms with Crippen LogP contribution < -0.4 is 41.8 Å². The predicted octanol–water partition coefficient (Wildman–Crippen LogP) is 7.46. The minimum Gasteiger partial charge on any atom is -0.492 e. The van der Waals surface area contributed by atoms with E-state index < -0.39 is 157 Å². The predicted molar refractivity (Wildman–Crippen MR) is 391 cm³/mol. The molecule has 1 N–H and O–H groups in total. The molecule has 9 atom stereocenters. The Balaban J connectivity index is 0.577. The Kier molecular flexibility index (Phi) is 21.8. The summed E-state index contributed by atoms with van der Waals surface area (Å²) < 4.78 is 117. The van der Waals surface area contributed by atoms with Crippen molar-refractivity contribution in [3.63, 3.8) is 0 Å². The van der Waals surface area contributed by atoms with Crippen molar-refractivity contribution in [1.82, 2.24) is 18.9 Å². The molecule has 7 heterocycles. The first kappa shape index (κ1) is 79.5. The number of methoxy groups -OCH3 is 2. The summed E-state index contributed by atoms with van der Waals surface area (Å²) in [6.07, 6.45) is 3.39. The lowest BCUT2D eigenvalue weighted by Crippen LogP contribution is -2.57. The molecule has 3 aliphatic heterocycles. The minimum atomic E-state index is -1.73. The minimum absolute atomic E-state index is 0.0327. The van der Waals surface area contributed by atoms with Crippen LogP contribution in [0.15, 0.2) is 73.0 Å². The number of Topliss-reactive ketones (excluding diaryl/α,β-unsaturated/α-hetero) is 1. The second-order valence-corrected chi connectivity index (χ2v) is 31.4. The highest BCUT2D eigenvalue weighted by molar-refractivity contribution is 6.00. The lowest BCUT2D eigenvalue weighted by atomic mass is 9.48. The normalized spacial score (nSPS) is 25.3. The number of carbonyl (C=O) groups excluding carboxylic acids is 8. The van der Waals surface area contributed by atoms with Crippen LogP contribution in [0.2, 0.25) is 0 Å². The van der Waals surface area contributed by atoms with Gasteiger partial charge in [-0.25, -0.2) is 37.5 Å². The lowest BCUT2D eigenvalue weighted by molar-refractivity contribution is -0.158. The zero-order valence-corrected chi connectivity index (χ0v) is 64.4. The third-order valence-electron chi connectivity index (χ3n) is 24.6. The number of ether oxygens (including phenoxy) is 11. The van der Waals surface area contributed by atoms with E-state index in [1.807, 2.05) is 23.6 Å². The van der Waals surface area contributed by atoms with Crippen molar-refractivity contribution >= 4 is 80.9 Å². The van der Waals surface area contributed by atoms with E-state index in [-0.39, 0.29) is 117 Å². The van der Waals surface area contributed by atoms with Gasteiger partial charge in [0.25, 0.3) is 0 Å². The Morgan fingerprint density at radius 1 is 0.617 bits per heavy atom. The van der Waals surface area contributed by atoms with Gasteiger partial charge in [-0.15, -0.1) is 0 Å². The summed E-state index contributed by atoms with van der Waals surface area (Å²) >= 11 is 0. The Morgan fingerprint density at radius 2 is 1.12 bits per heavy atom. The van der Waals surface area contributed by atoms with Crippen LogP contribution in [0.3, 0.4) is 0 Å². The van der Waals surface area contributed by atoms with Crippen molar-refractivity contribution in [3.8, 4) is 11.5 Å². The summed E-state index contributed by atoms with van der Waals surface area (Å²) in [4.78, 5) is 167. The number of aliphatic hydroxyl groups is 1. The van der Waals surface area contributed by atoms with Crippen LogP contribution in [0.25, 0.3) is 21.8 Å². The second-order valence-electron chi connectivity index (χ2n) is 31.4. The third kappa shape index (κ3) is 15.2.